The van der Waals surface area contributed by atoms with E-state index in [2.05, 4.69) is 33.9 Å². The summed E-state index contributed by atoms with van der Waals surface area (Å²) in [5.74, 6) is -1.83. The van der Waals surface area contributed by atoms with Crippen molar-refractivity contribution in [2.75, 3.05) is 33.1 Å². The minimum Gasteiger partial charge on any atom is -0.486 e. The number of nitrogens with one attached hydrogen (secondary N) is 1. The minimum atomic E-state index is -1.09. The number of ether oxygens (including phenoxy) is 2. The van der Waals surface area contributed by atoms with Gasteiger partial charge in [0.25, 0.3) is 0 Å². The summed E-state index contributed by atoms with van der Waals surface area (Å²) in [5.41, 5.74) is 2.53. The second-order valence-electron chi connectivity index (χ2n) is 8.67. The molecule has 0 fully saturated rings. The number of methoxy groups -OCH3 is 1. The van der Waals surface area contributed by atoms with Gasteiger partial charge in [0.05, 0.1) is 24.1 Å². The Bertz CT molecular complexity index is 1340. The van der Waals surface area contributed by atoms with Crippen molar-refractivity contribution in [3.63, 3.8) is 0 Å². The second kappa shape index (κ2) is 11.3. The van der Waals surface area contributed by atoms with Crippen LogP contribution in [-0.4, -0.2) is 47.5 Å². The maximum Gasteiger partial charge on any atom is 0.213 e. The molecule has 3 aromatic rings. The molecule has 0 saturated heterocycles. The maximum atomic E-state index is 14.4. The quantitative estimate of drug-likeness (QED) is 0.482. The predicted molar refractivity (Wildman–Crippen MR) is 139 cm³/mol. The van der Waals surface area contributed by atoms with E-state index in [-0.39, 0.29) is 29.2 Å². The third kappa shape index (κ3) is 5.05. The van der Waals surface area contributed by atoms with E-state index in [0.29, 0.717) is 36.6 Å². The molecule has 0 aliphatic carbocycles. The van der Waals surface area contributed by atoms with Gasteiger partial charge < -0.3 is 24.3 Å². The molecule has 1 aromatic carbocycles. The van der Waals surface area contributed by atoms with Gasteiger partial charge in [0.2, 0.25) is 11.7 Å². The summed E-state index contributed by atoms with van der Waals surface area (Å²) in [4.78, 5) is 19.8. The van der Waals surface area contributed by atoms with Gasteiger partial charge in [-0.15, -0.1) is 0 Å². The summed E-state index contributed by atoms with van der Waals surface area (Å²) in [6.07, 6.45) is 8.20. The molecule has 2 aromatic heterocycles. The average Bonchev–Trinajstić information content (AvgIpc) is 2.91. The number of hydrogen-bond acceptors (Lipinski definition) is 7. The molecule has 0 saturated carbocycles. The van der Waals surface area contributed by atoms with Gasteiger partial charge in [-0.25, -0.2) is 9.37 Å². The lowest BCUT2D eigenvalue weighted by Crippen LogP contribution is -2.34. The Labute approximate surface area is 214 Å². The van der Waals surface area contributed by atoms with Crippen LogP contribution < -0.4 is 20.2 Å². The van der Waals surface area contributed by atoms with Gasteiger partial charge >= 0.3 is 0 Å². The normalized spacial score (nSPS) is 16.5. The van der Waals surface area contributed by atoms with E-state index in [9.17, 15) is 13.6 Å². The smallest absolute Gasteiger partial charge is 0.213 e. The van der Waals surface area contributed by atoms with Crippen molar-refractivity contribution >= 4 is 23.5 Å². The minimum absolute atomic E-state index is 0.124. The van der Waals surface area contributed by atoms with Gasteiger partial charge in [-0.1, -0.05) is 6.08 Å². The summed E-state index contributed by atoms with van der Waals surface area (Å²) in [6.45, 7) is 4.54. The highest BCUT2D eigenvalue weighted by Gasteiger charge is 2.27. The molecular formula is C26H30F2N4O3S. The van der Waals surface area contributed by atoms with E-state index >= 15 is 0 Å². The van der Waals surface area contributed by atoms with E-state index in [1.165, 1.54) is 0 Å². The lowest BCUT2D eigenvalue weighted by Gasteiger charge is -2.31. The van der Waals surface area contributed by atoms with Crippen LogP contribution in [0.2, 0.25) is 0 Å². The highest BCUT2D eigenvalue weighted by molar-refractivity contribution is 7.79. The molecule has 0 bridgehead atoms. The van der Waals surface area contributed by atoms with Gasteiger partial charge in [0, 0.05) is 49.4 Å². The molecule has 4 heterocycles. The van der Waals surface area contributed by atoms with Crippen LogP contribution in [0.4, 0.5) is 8.78 Å². The standard InChI is InChI=1S/C25H26F2N4O3.CH4S/c1-15-14-34-25-22(27)20(26)9-19-23(25)31(15)13-17(24(19)32)12-30(18-4-3-6-28-10-18)11-16-5-7-29-21(8-16)33-2;1-2/h4-5,7-9,13,15,28H,3,6,10-12,14H2,1-2H3;2H,1H3. The van der Waals surface area contributed by atoms with Gasteiger partial charge in [0.1, 0.15) is 6.61 Å². The molecule has 2 aliphatic heterocycles. The van der Waals surface area contributed by atoms with Gasteiger partial charge in [0.15, 0.2) is 17.0 Å². The third-order valence-electron chi connectivity index (χ3n) is 6.34. The molecule has 0 radical (unpaired) electrons. The van der Waals surface area contributed by atoms with E-state index < -0.39 is 11.6 Å². The molecule has 36 heavy (non-hydrogen) atoms. The Kier molecular flexibility index (Phi) is 8.15. The van der Waals surface area contributed by atoms with Crippen LogP contribution >= 0.6 is 12.6 Å². The molecule has 5 rings (SSSR count). The van der Waals surface area contributed by atoms with Gasteiger partial charge in [-0.3, -0.25) is 4.79 Å². The molecule has 7 nitrogen and oxygen atoms in total. The fourth-order valence-corrected chi connectivity index (χ4v) is 4.58. The molecule has 0 spiro atoms. The summed E-state index contributed by atoms with van der Waals surface area (Å²) in [7, 11) is 1.57. The van der Waals surface area contributed by atoms with Gasteiger partial charge in [-0.05, 0) is 43.8 Å². The summed E-state index contributed by atoms with van der Waals surface area (Å²) < 4.78 is 41.3. The van der Waals surface area contributed by atoms with E-state index in [0.717, 1.165) is 30.3 Å². The van der Waals surface area contributed by atoms with Crippen LogP contribution in [0.1, 0.15) is 30.5 Å². The molecule has 0 amide bonds. The SMILES string of the molecule is COc1cc(CN(Cc2cn3c4c(c(F)c(F)cc4c2=O)OCC3C)C2=CCCNC2)ccn1.CS. The predicted octanol–water partition coefficient (Wildman–Crippen LogP) is 4.06. The van der Waals surface area contributed by atoms with Crippen molar-refractivity contribution < 1.29 is 18.3 Å². The first-order valence-corrected chi connectivity index (χ1v) is 12.6. The van der Waals surface area contributed by atoms with Crippen LogP contribution in [0, 0.1) is 11.6 Å². The van der Waals surface area contributed by atoms with Crippen LogP contribution in [0.25, 0.3) is 10.9 Å². The topological polar surface area (TPSA) is 68.6 Å². The summed E-state index contributed by atoms with van der Waals surface area (Å²) in [5, 5.41) is 3.50. The lowest BCUT2D eigenvalue weighted by molar-refractivity contribution is 0.232. The summed E-state index contributed by atoms with van der Waals surface area (Å²) >= 11 is 3.53. The van der Waals surface area contributed by atoms with Crippen LogP contribution in [0.5, 0.6) is 11.6 Å². The lowest BCUT2D eigenvalue weighted by atomic mass is 10.1. The molecule has 10 heteroatoms. The maximum absolute atomic E-state index is 14.4. The summed E-state index contributed by atoms with van der Waals surface area (Å²) in [6, 6.07) is 4.63. The highest BCUT2D eigenvalue weighted by atomic mass is 32.1. The van der Waals surface area contributed by atoms with Crippen molar-refractivity contribution in [3.8, 4) is 11.6 Å². The first-order valence-electron chi connectivity index (χ1n) is 11.7. The first-order chi connectivity index (χ1) is 17.5. The van der Waals surface area contributed by atoms with Crippen molar-refractivity contribution in [1.82, 2.24) is 19.8 Å². The molecular weight excluding hydrogens is 486 g/mol. The Morgan fingerprint density at radius 2 is 2.11 bits per heavy atom. The second-order valence-corrected chi connectivity index (χ2v) is 8.67. The zero-order valence-corrected chi connectivity index (χ0v) is 21.4. The number of hydrogen-bond donors (Lipinski definition) is 2. The van der Waals surface area contributed by atoms with E-state index in [1.807, 2.05) is 23.6 Å². The number of nitrogens with zero attached hydrogens (tertiary/aromatic N) is 3. The fourth-order valence-electron chi connectivity index (χ4n) is 4.58. The Morgan fingerprint density at radius 1 is 1.31 bits per heavy atom. The Hall–Kier alpha value is -3.11. The van der Waals surface area contributed by atoms with Crippen molar-refractivity contribution in [1.29, 1.82) is 0 Å². The number of thiol groups is 1. The first kappa shape index (κ1) is 26.0. The number of aromatic nitrogens is 2. The highest BCUT2D eigenvalue weighted by Crippen LogP contribution is 2.35. The molecule has 1 unspecified atom stereocenters. The van der Waals surface area contributed by atoms with E-state index in [4.69, 9.17) is 9.47 Å². The number of pyridine rings is 2. The number of benzene rings is 1. The van der Waals surface area contributed by atoms with Crippen molar-refractivity contribution in [2.24, 2.45) is 0 Å². The monoisotopic (exact) mass is 516 g/mol. The number of rotatable bonds is 6. The van der Waals surface area contributed by atoms with Crippen molar-refractivity contribution in [3.05, 3.63) is 75.4 Å². The van der Waals surface area contributed by atoms with Crippen LogP contribution in [0.3, 0.4) is 0 Å². The Morgan fingerprint density at radius 3 is 2.83 bits per heavy atom. The van der Waals surface area contributed by atoms with Crippen LogP contribution in [-0.2, 0) is 13.1 Å². The zero-order valence-electron chi connectivity index (χ0n) is 20.6. The van der Waals surface area contributed by atoms with Crippen molar-refractivity contribution in [2.45, 2.75) is 32.5 Å². The third-order valence-corrected chi connectivity index (χ3v) is 6.34. The molecule has 192 valence electrons. The zero-order chi connectivity index (χ0) is 25.8. The molecule has 1 N–H and O–H groups in total. The molecule has 1 atom stereocenters. The van der Waals surface area contributed by atoms with Crippen LogP contribution in [0.15, 0.2) is 47.2 Å². The Balaban J connectivity index is 0.00000148. The fraction of sp³-hybridized carbons (Fsp3) is 0.385. The average molecular weight is 517 g/mol. The van der Waals surface area contributed by atoms with Gasteiger partial charge in [-0.2, -0.15) is 17.0 Å². The largest absolute Gasteiger partial charge is 0.486 e. The number of halogens is 2. The van der Waals surface area contributed by atoms with E-state index in [1.54, 1.807) is 25.8 Å². The molecule has 2 aliphatic rings.